The summed E-state index contributed by atoms with van der Waals surface area (Å²) in [6.45, 7) is 0. The van der Waals surface area contributed by atoms with Gasteiger partial charge in [-0.1, -0.05) is 18.2 Å². The third-order valence-corrected chi connectivity index (χ3v) is 8.17. The van der Waals surface area contributed by atoms with E-state index in [0.29, 0.717) is 29.6 Å². The van der Waals surface area contributed by atoms with E-state index in [2.05, 4.69) is 15.0 Å². The highest BCUT2D eigenvalue weighted by atomic mass is 16.4. The molecular weight excluding hydrogens is 454 g/mol. The number of nitrogens with zero attached hydrogens (tertiary/aromatic N) is 4. The Morgan fingerprint density at radius 3 is 2.75 bits per heavy atom. The maximum Gasteiger partial charge on any atom is 0.307 e. The van der Waals surface area contributed by atoms with E-state index in [-0.39, 0.29) is 17.8 Å². The maximum absolute atomic E-state index is 12.3. The second kappa shape index (κ2) is 8.26. The number of carbonyl (C=O) groups is 1. The van der Waals surface area contributed by atoms with Gasteiger partial charge in [-0.25, -0.2) is 19.9 Å². The lowest BCUT2D eigenvalue weighted by Crippen LogP contribution is -2.45. The van der Waals surface area contributed by atoms with Gasteiger partial charge in [-0.05, 0) is 68.1 Å². The molecule has 0 saturated heterocycles. The first kappa shape index (κ1) is 21.2. The molecule has 180 valence electrons. The molecule has 8 heteroatoms. The van der Waals surface area contributed by atoms with Crippen molar-refractivity contribution in [2.24, 2.45) is 23.7 Å². The Morgan fingerprint density at radius 2 is 1.92 bits per heavy atom. The fourth-order valence-corrected chi connectivity index (χ4v) is 6.50. The lowest BCUT2D eigenvalue weighted by Gasteiger charge is -2.46. The Kier molecular flexibility index (Phi) is 4.87. The van der Waals surface area contributed by atoms with Crippen molar-refractivity contribution in [3.05, 3.63) is 60.8 Å². The zero-order valence-corrected chi connectivity index (χ0v) is 19.6. The van der Waals surface area contributed by atoms with E-state index < -0.39 is 5.97 Å². The maximum atomic E-state index is 12.3. The molecule has 0 spiro atoms. The summed E-state index contributed by atoms with van der Waals surface area (Å²) in [6.07, 6.45) is 9.97. The van der Waals surface area contributed by atoms with Crippen molar-refractivity contribution < 1.29 is 14.3 Å². The van der Waals surface area contributed by atoms with E-state index in [4.69, 9.17) is 14.4 Å². The van der Waals surface area contributed by atoms with Crippen LogP contribution in [0.3, 0.4) is 0 Å². The summed E-state index contributed by atoms with van der Waals surface area (Å²) >= 11 is 0. The number of carboxylic acids is 1. The quantitative estimate of drug-likeness (QED) is 0.341. The van der Waals surface area contributed by atoms with Crippen LogP contribution in [0.15, 0.2) is 59.5 Å². The summed E-state index contributed by atoms with van der Waals surface area (Å²) in [7, 11) is 0. The van der Waals surface area contributed by atoms with E-state index in [9.17, 15) is 9.90 Å². The molecular formula is C28H25N5O3. The summed E-state index contributed by atoms with van der Waals surface area (Å²) in [4.78, 5) is 33.8. The number of hydrogen-bond donors (Lipinski definition) is 2. The molecule has 2 unspecified atom stereocenters. The minimum absolute atomic E-state index is 0.0765. The van der Waals surface area contributed by atoms with Crippen molar-refractivity contribution in [1.82, 2.24) is 24.9 Å². The van der Waals surface area contributed by atoms with Crippen LogP contribution in [0.5, 0.6) is 0 Å². The molecule has 3 aliphatic carbocycles. The number of rotatable bonds is 5. The first-order valence-corrected chi connectivity index (χ1v) is 12.5. The minimum Gasteiger partial charge on any atom is -0.481 e. The third kappa shape index (κ3) is 3.47. The van der Waals surface area contributed by atoms with Crippen LogP contribution in [0.4, 0.5) is 0 Å². The number of H-pyrrole nitrogens is 1. The molecule has 2 N–H and O–H groups in total. The zero-order chi connectivity index (χ0) is 24.2. The lowest BCUT2D eigenvalue weighted by molar-refractivity contribution is -0.152. The van der Waals surface area contributed by atoms with Crippen LogP contribution in [0.25, 0.3) is 44.8 Å². The molecule has 4 heterocycles. The lowest BCUT2D eigenvalue weighted by atomic mass is 9.57. The molecule has 8 nitrogen and oxygen atoms in total. The molecule has 4 aromatic heterocycles. The number of fused-ring (bicyclic) bond motifs is 5. The molecule has 8 rings (SSSR count). The minimum atomic E-state index is -0.671. The van der Waals surface area contributed by atoms with Crippen molar-refractivity contribution >= 4 is 28.0 Å². The number of aromatic amines is 1. The number of furan rings is 1. The summed E-state index contributed by atoms with van der Waals surface area (Å²) < 4.78 is 6.15. The van der Waals surface area contributed by atoms with Crippen LogP contribution in [0, 0.1) is 23.7 Å². The normalized spacial score (nSPS) is 23.4. The summed E-state index contributed by atoms with van der Waals surface area (Å²) in [6, 6.07) is 11.8. The topological polar surface area (TPSA) is 118 Å². The summed E-state index contributed by atoms with van der Waals surface area (Å²) in [5, 5.41) is 11.9. The average molecular weight is 480 g/mol. The number of hydrogen-bond acceptors (Lipinski definition) is 6. The number of aliphatic carboxylic acids is 1. The predicted molar refractivity (Wildman–Crippen MR) is 134 cm³/mol. The Labute approximate surface area is 206 Å². The second-order valence-electron chi connectivity index (χ2n) is 10.1. The van der Waals surface area contributed by atoms with Gasteiger partial charge in [0.15, 0.2) is 11.6 Å². The Balaban J connectivity index is 1.36. The molecule has 36 heavy (non-hydrogen) atoms. The van der Waals surface area contributed by atoms with Gasteiger partial charge in [-0.2, -0.15) is 0 Å². The standard InChI is InChI=1S/C28H25N5O3/c34-28(35)25-16-7-5-15(6-8-16)19(25)10-18-11-22(24-9-17-3-1-2-4-23(17)36-24)33-27(32-18)21-13-30-26-20(21)12-29-14-31-26/h1-4,9,11-16,19,25H,5-8,10H2,(H,34,35)(H,29,30,31). The van der Waals surface area contributed by atoms with E-state index in [1.807, 2.05) is 42.6 Å². The fraction of sp³-hybridized carbons (Fsp3) is 0.321. The largest absolute Gasteiger partial charge is 0.481 e. The second-order valence-corrected chi connectivity index (χ2v) is 10.1. The number of nitrogens with one attached hydrogen (secondary N) is 1. The van der Waals surface area contributed by atoms with Gasteiger partial charge in [0.1, 0.15) is 23.3 Å². The van der Waals surface area contributed by atoms with Crippen molar-refractivity contribution in [3.8, 4) is 22.8 Å². The number of aromatic nitrogens is 5. The molecule has 0 amide bonds. The molecule has 3 saturated carbocycles. The first-order chi connectivity index (χ1) is 17.6. The smallest absolute Gasteiger partial charge is 0.307 e. The van der Waals surface area contributed by atoms with Gasteiger partial charge >= 0.3 is 5.97 Å². The SMILES string of the molecule is O=C(O)C1C2CCC(CC2)C1Cc1cc(-c2cc3ccccc3o2)nc(-c2c[nH]c3ncncc23)n1. The van der Waals surface area contributed by atoms with Crippen molar-refractivity contribution in [2.45, 2.75) is 32.1 Å². The van der Waals surface area contributed by atoms with E-state index in [0.717, 1.165) is 58.9 Å². The predicted octanol–water partition coefficient (Wildman–Crippen LogP) is 5.51. The van der Waals surface area contributed by atoms with Crippen LogP contribution < -0.4 is 0 Å². The number of carboxylic acid groups (broad SMARTS) is 1. The van der Waals surface area contributed by atoms with Gasteiger partial charge in [0.25, 0.3) is 0 Å². The monoisotopic (exact) mass is 479 g/mol. The number of para-hydroxylation sites is 1. The Morgan fingerprint density at radius 1 is 1.08 bits per heavy atom. The molecule has 0 radical (unpaired) electrons. The van der Waals surface area contributed by atoms with Crippen LogP contribution in [-0.2, 0) is 11.2 Å². The van der Waals surface area contributed by atoms with Crippen LogP contribution in [-0.4, -0.2) is 36.0 Å². The zero-order valence-electron chi connectivity index (χ0n) is 19.6. The van der Waals surface area contributed by atoms with Crippen LogP contribution in [0.1, 0.15) is 31.4 Å². The van der Waals surface area contributed by atoms with E-state index in [1.165, 1.54) is 6.33 Å². The number of benzene rings is 1. The van der Waals surface area contributed by atoms with Gasteiger partial charge in [-0.15, -0.1) is 0 Å². The van der Waals surface area contributed by atoms with Crippen LogP contribution >= 0.6 is 0 Å². The van der Waals surface area contributed by atoms with Gasteiger partial charge < -0.3 is 14.5 Å². The van der Waals surface area contributed by atoms with E-state index in [1.54, 1.807) is 6.20 Å². The van der Waals surface area contributed by atoms with Crippen molar-refractivity contribution in [1.29, 1.82) is 0 Å². The Bertz CT molecular complexity index is 1560. The molecule has 5 aromatic rings. The molecule has 2 atom stereocenters. The molecule has 1 aromatic carbocycles. The highest BCUT2D eigenvalue weighted by Crippen LogP contribution is 2.50. The molecule has 0 aliphatic heterocycles. The summed E-state index contributed by atoms with van der Waals surface area (Å²) in [5.41, 5.74) is 3.85. The summed E-state index contributed by atoms with van der Waals surface area (Å²) in [5.74, 6) is 0.994. The fourth-order valence-electron chi connectivity index (χ4n) is 6.50. The molecule has 2 bridgehead atoms. The molecule has 3 aliphatic rings. The first-order valence-electron chi connectivity index (χ1n) is 12.5. The van der Waals surface area contributed by atoms with Crippen molar-refractivity contribution in [2.75, 3.05) is 0 Å². The van der Waals surface area contributed by atoms with E-state index >= 15 is 0 Å². The van der Waals surface area contributed by atoms with Gasteiger partial charge in [0, 0.05) is 34.4 Å². The van der Waals surface area contributed by atoms with Crippen molar-refractivity contribution in [3.63, 3.8) is 0 Å². The highest BCUT2D eigenvalue weighted by Gasteiger charge is 2.47. The van der Waals surface area contributed by atoms with Gasteiger partial charge in [-0.3, -0.25) is 4.79 Å². The van der Waals surface area contributed by atoms with Gasteiger partial charge in [0.05, 0.1) is 5.92 Å². The highest BCUT2D eigenvalue weighted by molar-refractivity contribution is 5.91. The third-order valence-electron chi connectivity index (χ3n) is 8.17. The average Bonchev–Trinajstić information content (AvgIpc) is 3.54. The Hall–Kier alpha value is -4.07. The molecule has 3 fully saturated rings. The van der Waals surface area contributed by atoms with Gasteiger partial charge in [0.2, 0.25) is 0 Å². The van der Waals surface area contributed by atoms with Crippen LogP contribution in [0.2, 0.25) is 0 Å².